The summed E-state index contributed by atoms with van der Waals surface area (Å²) in [4.78, 5) is 10.8. The molecule has 0 aliphatic carbocycles. The molecule has 0 N–H and O–H groups in total. The number of methoxy groups -OCH3 is 1. The molecule has 0 unspecified atom stereocenters. The number of ether oxygens (including phenoxy) is 1. The van der Waals surface area contributed by atoms with E-state index in [4.69, 9.17) is 4.74 Å². The Morgan fingerprint density at radius 1 is 1.33 bits per heavy atom. The van der Waals surface area contributed by atoms with Crippen molar-refractivity contribution in [3.05, 3.63) is 23.8 Å². The van der Waals surface area contributed by atoms with E-state index < -0.39 is 12.4 Å². The summed E-state index contributed by atoms with van der Waals surface area (Å²) < 4.78 is 42.6. The summed E-state index contributed by atoms with van der Waals surface area (Å²) in [5.74, 6) is -0.174. The summed E-state index contributed by atoms with van der Waals surface area (Å²) >= 11 is 0. The quantitative estimate of drug-likeness (QED) is 0.667. The Labute approximate surface area is 147 Å². The molecule has 0 fully saturated rings. The minimum absolute atomic E-state index is 0. The number of aryl methyl sites for hydroxylation is 1. The van der Waals surface area contributed by atoms with Crippen molar-refractivity contribution in [2.75, 3.05) is 7.11 Å². The molecular formula is C11H13BF3KO2. The molecule has 1 rings (SSSR count). The second-order valence-electron chi connectivity index (χ2n) is 3.85. The van der Waals surface area contributed by atoms with Crippen LogP contribution in [0.1, 0.15) is 18.9 Å². The molecule has 0 aromatic heterocycles. The molecule has 1 aromatic carbocycles. The summed E-state index contributed by atoms with van der Waals surface area (Å²) in [7, 11) is 1.20. The summed E-state index contributed by atoms with van der Waals surface area (Å²) in [6.07, 6.45) is 0.747. The summed E-state index contributed by atoms with van der Waals surface area (Å²) in [5, 5.41) is 0. The zero-order valence-electron chi connectivity index (χ0n) is 10.7. The molecule has 0 heterocycles. The standard InChI is InChI=1S/C11H13BF3O2.K/c1-8(16)3-4-9-5-6-10(12(13,14)15)11(7-9)17-2;/h5-7H,3-4H2,1-2H3;/q-1;+1. The molecule has 7 heteroatoms. The first-order chi connectivity index (χ1) is 7.84. The fraction of sp³-hybridized carbons (Fsp3) is 0.364. The molecule has 94 valence electrons. The molecule has 0 amide bonds. The molecule has 0 atom stereocenters. The largest absolute Gasteiger partial charge is 1.00 e. The zero-order valence-corrected chi connectivity index (χ0v) is 13.8. The Morgan fingerprint density at radius 3 is 2.39 bits per heavy atom. The average Bonchev–Trinajstić information content (AvgIpc) is 2.24. The third-order valence-corrected chi connectivity index (χ3v) is 2.42. The SMILES string of the molecule is COc1cc(CCC(C)=O)ccc1[B-](F)(F)F.[K+]. The Morgan fingerprint density at radius 2 is 1.94 bits per heavy atom. The zero-order chi connectivity index (χ0) is 13.1. The average molecular weight is 284 g/mol. The van der Waals surface area contributed by atoms with Crippen LogP contribution in [0.2, 0.25) is 0 Å². The Balaban J connectivity index is 0.00000289. The smallest absolute Gasteiger partial charge is 0.500 e. The second-order valence-corrected chi connectivity index (χ2v) is 3.85. The Kier molecular flexibility index (Phi) is 7.77. The van der Waals surface area contributed by atoms with E-state index in [0.29, 0.717) is 18.4 Å². The first-order valence-electron chi connectivity index (χ1n) is 5.20. The maximum atomic E-state index is 12.6. The third kappa shape index (κ3) is 5.44. The minimum Gasteiger partial charge on any atom is -0.500 e. The van der Waals surface area contributed by atoms with Gasteiger partial charge < -0.3 is 22.5 Å². The maximum Gasteiger partial charge on any atom is 1.00 e. The van der Waals surface area contributed by atoms with Gasteiger partial charge in [0.1, 0.15) is 5.78 Å². The molecule has 18 heavy (non-hydrogen) atoms. The van der Waals surface area contributed by atoms with Crippen molar-refractivity contribution < 1.29 is 73.9 Å². The van der Waals surface area contributed by atoms with Gasteiger partial charge in [0.2, 0.25) is 0 Å². The molecular weight excluding hydrogens is 271 g/mol. The summed E-state index contributed by atoms with van der Waals surface area (Å²) in [6, 6.07) is 3.73. The van der Waals surface area contributed by atoms with Crippen molar-refractivity contribution in [1.82, 2.24) is 0 Å². The Bertz CT molecular complexity index is 421. The van der Waals surface area contributed by atoms with Crippen molar-refractivity contribution in [3.8, 4) is 5.75 Å². The van der Waals surface area contributed by atoms with Gasteiger partial charge in [-0.25, -0.2) is 0 Å². The molecule has 0 saturated carbocycles. The van der Waals surface area contributed by atoms with E-state index in [1.807, 2.05) is 0 Å². The molecule has 0 radical (unpaired) electrons. The van der Waals surface area contributed by atoms with Crippen molar-refractivity contribution in [3.63, 3.8) is 0 Å². The van der Waals surface area contributed by atoms with Crippen LogP contribution in [-0.2, 0) is 11.2 Å². The van der Waals surface area contributed by atoms with Gasteiger partial charge in [-0.05, 0) is 25.0 Å². The normalized spacial score (nSPS) is 10.7. The van der Waals surface area contributed by atoms with E-state index >= 15 is 0 Å². The van der Waals surface area contributed by atoms with Gasteiger partial charge in [0, 0.05) is 6.42 Å². The van der Waals surface area contributed by atoms with Crippen molar-refractivity contribution >= 4 is 18.2 Å². The minimum atomic E-state index is -5.07. The van der Waals surface area contributed by atoms with Gasteiger partial charge in [-0.15, -0.1) is 0 Å². The number of benzene rings is 1. The van der Waals surface area contributed by atoms with Crippen LogP contribution in [0.4, 0.5) is 12.9 Å². The Hall–Kier alpha value is 0.181. The van der Waals surface area contributed by atoms with Gasteiger partial charge in [-0.1, -0.05) is 17.6 Å². The summed E-state index contributed by atoms with van der Waals surface area (Å²) in [6.45, 7) is -3.62. The fourth-order valence-electron chi connectivity index (χ4n) is 1.50. The second kappa shape index (κ2) is 7.69. The maximum absolute atomic E-state index is 12.6. The van der Waals surface area contributed by atoms with Crippen LogP contribution >= 0.6 is 0 Å². The van der Waals surface area contributed by atoms with Crippen LogP contribution in [0.5, 0.6) is 5.75 Å². The number of halogens is 3. The van der Waals surface area contributed by atoms with Crippen LogP contribution in [0.15, 0.2) is 18.2 Å². The van der Waals surface area contributed by atoms with Crippen LogP contribution in [0.25, 0.3) is 0 Å². The molecule has 0 aliphatic heterocycles. The van der Waals surface area contributed by atoms with Gasteiger partial charge in [0.25, 0.3) is 0 Å². The predicted octanol–water partition coefficient (Wildman–Crippen LogP) is -0.725. The molecule has 2 nitrogen and oxygen atoms in total. The first-order valence-corrected chi connectivity index (χ1v) is 5.20. The summed E-state index contributed by atoms with van der Waals surface area (Å²) in [5.41, 5.74) is -0.0695. The van der Waals surface area contributed by atoms with Gasteiger partial charge in [-0.2, -0.15) is 0 Å². The molecule has 0 spiro atoms. The van der Waals surface area contributed by atoms with E-state index in [2.05, 4.69) is 0 Å². The monoisotopic (exact) mass is 284 g/mol. The predicted molar refractivity (Wildman–Crippen MR) is 60.7 cm³/mol. The van der Waals surface area contributed by atoms with Crippen LogP contribution in [0, 0.1) is 0 Å². The van der Waals surface area contributed by atoms with Crippen LogP contribution in [0.3, 0.4) is 0 Å². The third-order valence-electron chi connectivity index (χ3n) is 2.42. The first kappa shape index (κ1) is 18.2. The van der Waals surface area contributed by atoms with Crippen LogP contribution in [-0.4, -0.2) is 19.9 Å². The fourth-order valence-corrected chi connectivity index (χ4v) is 1.50. The number of rotatable bonds is 5. The molecule has 0 saturated heterocycles. The number of hydrogen-bond donors (Lipinski definition) is 0. The van der Waals surface area contributed by atoms with Gasteiger partial charge in [-0.3, -0.25) is 0 Å². The van der Waals surface area contributed by atoms with Gasteiger partial charge >= 0.3 is 58.4 Å². The van der Waals surface area contributed by atoms with E-state index in [0.717, 1.165) is 6.07 Å². The van der Waals surface area contributed by atoms with Crippen LogP contribution < -0.4 is 61.6 Å². The number of hydrogen-bond acceptors (Lipinski definition) is 2. The van der Waals surface area contributed by atoms with Gasteiger partial charge in [0.05, 0.1) is 12.9 Å². The topological polar surface area (TPSA) is 26.3 Å². The molecule has 1 aromatic rings. The van der Waals surface area contributed by atoms with Crippen molar-refractivity contribution in [2.45, 2.75) is 19.8 Å². The number of Topliss-reactive ketones (excluding diaryl/α,β-unsaturated/α-hetero) is 1. The molecule has 0 aliphatic rings. The van der Waals surface area contributed by atoms with Crippen molar-refractivity contribution in [1.29, 1.82) is 0 Å². The van der Waals surface area contributed by atoms with E-state index in [9.17, 15) is 17.7 Å². The van der Waals surface area contributed by atoms with Gasteiger partial charge in [0.15, 0.2) is 0 Å². The number of carbonyl (C=O) groups is 1. The van der Waals surface area contributed by atoms with E-state index in [1.54, 1.807) is 0 Å². The molecule has 0 bridgehead atoms. The number of carbonyl (C=O) groups excluding carboxylic acids is 1. The van der Waals surface area contributed by atoms with Crippen molar-refractivity contribution in [2.24, 2.45) is 0 Å². The number of ketones is 1. The van der Waals surface area contributed by atoms with E-state index in [-0.39, 0.29) is 62.9 Å². The van der Waals surface area contributed by atoms with E-state index in [1.165, 1.54) is 26.2 Å².